The van der Waals surface area contributed by atoms with E-state index in [0.717, 1.165) is 4.31 Å². The molecule has 0 saturated carbocycles. The molecule has 0 amide bonds. The molecule has 5 nitrogen and oxygen atoms in total. The van der Waals surface area contributed by atoms with Crippen molar-refractivity contribution in [3.05, 3.63) is 35.4 Å². The minimum Gasteiger partial charge on any atom is -0.248 e. The predicted molar refractivity (Wildman–Crippen MR) is 81.1 cm³/mol. The molecule has 0 fully saturated rings. The van der Waals surface area contributed by atoms with E-state index in [1.165, 1.54) is 0 Å². The maximum atomic E-state index is 12.9. The standard InChI is InChI=1S/C15H17F2N3O2S/c16-11-15(17)5-4-13-2-1-3-14(10-13)12-23(21,22)20(8-6-18)9-7-19/h1-3,10,15H,4-5,8-9,11-12H2. The summed E-state index contributed by atoms with van der Waals surface area (Å²) in [4.78, 5) is 0. The predicted octanol–water partition coefficient (Wildman–Crippen LogP) is 2.11. The fourth-order valence-electron chi connectivity index (χ4n) is 1.99. The molecule has 0 saturated heterocycles. The van der Waals surface area contributed by atoms with Gasteiger partial charge in [-0.1, -0.05) is 24.3 Å². The van der Waals surface area contributed by atoms with Crippen LogP contribution in [0.15, 0.2) is 24.3 Å². The summed E-state index contributed by atoms with van der Waals surface area (Å²) in [6, 6.07) is 9.99. The summed E-state index contributed by atoms with van der Waals surface area (Å²) in [5.74, 6) is -0.355. The van der Waals surface area contributed by atoms with Gasteiger partial charge in [0.05, 0.1) is 17.9 Å². The zero-order valence-corrected chi connectivity index (χ0v) is 13.3. The molecule has 0 aromatic heterocycles. The van der Waals surface area contributed by atoms with E-state index in [9.17, 15) is 17.2 Å². The Morgan fingerprint density at radius 2 is 1.78 bits per heavy atom. The topological polar surface area (TPSA) is 85.0 Å². The van der Waals surface area contributed by atoms with Gasteiger partial charge in [0.1, 0.15) is 25.9 Å². The van der Waals surface area contributed by atoms with Crippen LogP contribution >= 0.6 is 0 Å². The van der Waals surface area contributed by atoms with E-state index in [-0.39, 0.29) is 12.2 Å². The zero-order valence-electron chi connectivity index (χ0n) is 12.5. The first-order chi connectivity index (χ1) is 10.9. The van der Waals surface area contributed by atoms with Gasteiger partial charge in [0.15, 0.2) is 0 Å². The van der Waals surface area contributed by atoms with Crippen LogP contribution in [0.4, 0.5) is 8.78 Å². The third-order valence-electron chi connectivity index (χ3n) is 3.14. The van der Waals surface area contributed by atoms with Crippen molar-refractivity contribution in [3.8, 4) is 12.1 Å². The molecule has 1 aromatic carbocycles. The van der Waals surface area contributed by atoms with E-state index in [2.05, 4.69) is 0 Å². The van der Waals surface area contributed by atoms with Gasteiger partial charge in [0.25, 0.3) is 0 Å². The van der Waals surface area contributed by atoms with E-state index in [1.807, 2.05) is 0 Å². The van der Waals surface area contributed by atoms with Crippen LogP contribution in [0.5, 0.6) is 0 Å². The first-order valence-corrected chi connectivity index (χ1v) is 8.53. The van der Waals surface area contributed by atoms with Crippen molar-refractivity contribution >= 4 is 10.0 Å². The molecule has 0 heterocycles. The molecule has 0 spiro atoms. The van der Waals surface area contributed by atoms with Crippen molar-refractivity contribution in [3.63, 3.8) is 0 Å². The van der Waals surface area contributed by atoms with Crippen LogP contribution in [0.25, 0.3) is 0 Å². The molecule has 23 heavy (non-hydrogen) atoms. The lowest BCUT2D eigenvalue weighted by Crippen LogP contribution is -2.32. The van der Waals surface area contributed by atoms with Crippen LogP contribution in [0.3, 0.4) is 0 Å². The number of aryl methyl sites for hydroxylation is 1. The lowest BCUT2D eigenvalue weighted by Gasteiger charge is -2.16. The summed E-state index contributed by atoms with van der Waals surface area (Å²) in [5, 5.41) is 17.3. The van der Waals surface area contributed by atoms with Crippen molar-refractivity contribution < 1.29 is 17.2 Å². The zero-order chi connectivity index (χ0) is 17.3. The Hall–Kier alpha value is -2.03. The van der Waals surface area contributed by atoms with Crippen molar-refractivity contribution in [2.45, 2.75) is 24.8 Å². The van der Waals surface area contributed by atoms with Crippen LogP contribution in [0.1, 0.15) is 17.5 Å². The quantitative estimate of drug-likeness (QED) is 0.644. The summed E-state index contributed by atoms with van der Waals surface area (Å²) >= 11 is 0. The maximum absolute atomic E-state index is 12.9. The van der Waals surface area contributed by atoms with Crippen LogP contribution in [0, 0.1) is 22.7 Å². The molecule has 0 N–H and O–H groups in total. The van der Waals surface area contributed by atoms with Gasteiger partial charge in [-0.3, -0.25) is 0 Å². The number of benzene rings is 1. The van der Waals surface area contributed by atoms with E-state index in [0.29, 0.717) is 17.5 Å². The summed E-state index contributed by atoms with van der Waals surface area (Å²) in [6.45, 7) is -1.82. The van der Waals surface area contributed by atoms with Gasteiger partial charge in [-0.2, -0.15) is 14.8 Å². The Labute approximate surface area is 134 Å². The second-order valence-corrected chi connectivity index (χ2v) is 6.92. The molecule has 0 bridgehead atoms. The van der Waals surface area contributed by atoms with Gasteiger partial charge in [-0.05, 0) is 24.0 Å². The van der Waals surface area contributed by atoms with Crippen LogP contribution in [0.2, 0.25) is 0 Å². The van der Waals surface area contributed by atoms with Gasteiger partial charge < -0.3 is 0 Å². The first kappa shape index (κ1) is 19.0. The molecule has 1 aromatic rings. The van der Waals surface area contributed by atoms with Gasteiger partial charge >= 0.3 is 0 Å². The molecule has 8 heteroatoms. The van der Waals surface area contributed by atoms with Gasteiger partial charge in [0, 0.05) is 0 Å². The average molecular weight is 341 g/mol. The van der Waals surface area contributed by atoms with Crippen molar-refractivity contribution in [2.24, 2.45) is 0 Å². The molecular formula is C15H17F2N3O2S. The Balaban J connectivity index is 2.83. The lowest BCUT2D eigenvalue weighted by atomic mass is 10.1. The first-order valence-electron chi connectivity index (χ1n) is 6.92. The Bertz CT molecular complexity index is 679. The third-order valence-corrected chi connectivity index (χ3v) is 4.88. The molecule has 1 atom stereocenters. The SMILES string of the molecule is N#CCN(CC#N)S(=O)(=O)Cc1cccc(CCC(F)CF)c1. The summed E-state index contributed by atoms with van der Waals surface area (Å²) in [7, 11) is -3.80. The van der Waals surface area contributed by atoms with Crippen molar-refractivity contribution in [1.82, 2.24) is 4.31 Å². The highest BCUT2D eigenvalue weighted by atomic mass is 32.2. The number of rotatable bonds is 9. The highest BCUT2D eigenvalue weighted by Gasteiger charge is 2.22. The van der Waals surface area contributed by atoms with E-state index < -0.39 is 36.0 Å². The Kier molecular flexibility index (Phi) is 7.60. The number of halogens is 2. The molecule has 0 aliphatic carbocycles. The number of nitrogens with zero attached hydrogens (tertiary/aromatic N) is 3. The largest absolute Gasteiger partial charge is 0.248 e. The molecule has 1 rings (SSSR count). The fraction of sp³-hybridized carbons (Fsp3) is 0.467. The number of hydrogen-bond donors (Lipinski definition) is 0. The van der Waals surface area contributed by atoms with Gasteiger partial charge in [-0.25, -0.2) is 17.2 Å². The molecule has 0 aliphatic rings. The van der Waals surface area contributed by atoms with Gasteiger partial charge in [0.2, 0.25) is 10.0 Å². The van der Waals surface area contributed by atoms with Crippen LogP contribution in [-0.4, -0.2) is 38.7 Å². The maximum Gasteiger partial charge on any atom is 0.220 e. The summed E-state index contributed by atoms with van der Waals surface area (Å²) in [6.07, 6.45) is -1.19. The molecule has 124 valence electrons. The smallest absolute Gasteiger partial charge is 0.220 e. The Morgan fingerprint density at radius 1 is 1.17 bits per heavy atom. The lowest BCUT2D eigenvalue weighted by molar-refractivity contribution is 0.247. The van der Waals surface area contributed by atoms with E-state index in [4.69, 9.17) is 10.5 Å². The number of sulfonamides is 1. The average Bonchev–Trinajstić information content (AvgIpc) is 2.52. The minimum absolute atomic E-state index is 0.0295. The molecule has 1 unspecified atom stereocenters. The number of hydrogen-bond acceptors (Lipinski definition) is 4. The molecule has 0 aliphatic heterocycles. The van der Waals surface area contributed by atoms with Crippen LogP contribution in [-0.2, 0) is 22.2 Å². The highest BCUT2D eigenvalue weighted by Crippen LogP contribution is 2.15. The third kappa shape index (κ3) is 6.31. The monoisotopic (exact) mass is 341 g/mol. The highest BCUT2D eigenvalue weighted by molar-refractivity contribution is 7.88. The fourth-order valence-corrected chi connectivity index (χ4v) is 3.28. The second kappa shape index (κ2) is 9.19. The van der Waals surface area contributed by atoms with Crippen LogP contribution < -0.4 is 0 Å². The molecular weight excluding hydrogens is 324 g/mol. The van der Waals surface area contributed by atoms with Crippen molar-refractivity contribution in [1.29, 1.82) is 10.5 Å². The summed E-state index contributed by atoms with van der Waals surface area (Å²) < 4.78 is 50.3. The number of alkyl halides is 2. The second-order valence-electron chi connectivity index (χ2n) is 4.95. The summed E-state index contributed by atoms with van der Waals surface area (Å²) in [5.41, 5.74) is 1.18. The number of nitriles is 2. The van der Waals surface area contributed by atoms with E-state index >= 15 is 0 Å². The van der Waals surface area contributed by atoms with E-state index in [1.54, 1.807) is 36.4 Å². The minimum atomic E-state index is -3.80. The van der Waals surface area contributed by atoms with Gasteiger partial charge in [-0.15, -0.1) is 0 Å². The molecule has 0 radical (unpaired) electrons. The van der Waals surface area contributed by atoms with Crippen molar-refractivity contribution in [2.75, 3.05) is 19.8 Å². The Morgan fingerprint density at radius 3 is 2.35 bits per heavy atom. The normalized spacial score (nSPS) is 12.6.